The van der Waals surface area contributed by atoms with Crippen molar-refractivity contribution >= 4 is 39.1 Å². The van der Waals surface area contributed by atoms with E-state index < -0.39 is 0 Å². The van der Waals surface area contributed by atoms with E-state index in [-0.39, 0.29) is 0 Å². The number of fused-ring (bicyclic) bond motifs is 1. The van der Waals surface area contributed by atoms with Gasteiger partial charge in [0, 0.05) is 25.5 Å². The van der Waals surface area contributed by atoms with Gasteiger partial charge in [0.2, 0.25) is 0 Å². The molecule has 0 bridgehead atoms. The molecule has 0 unspecified atom stereocenters. The maximum absolute atomic E-state index is 5.38. The fourth-order valence-electron chi connectivity index (χ4n) is 2.19. The highest BCUT2D eigenvalue weighted by molar-refractivity contribution is 7.99. The van der Waals surface area contributed by atoms with Gasteiger partial charge >= 0.3 is 0 Å². The van der Waals surface area contributed by atoms with Crippen LogP contribution in [0.5, 0.6) is 0 Å². The molecule has 0 aromatic carbocycles. The number of nitrogens with one attached hydrogen (secondary N) is 1. The van der Waals surface area contributed by atoms with Crippen molar-refractivity contribution in [2.75, 3.05) is 25.6 Å². The lowest BCUT2D eigenvalue weighted by atomic mass is 10.2. The molecule has 2 aromatic rings. The second-order valence-corrected chi connectivity index (χ2v) is 6.68. The molecule has 3 heterocycles. The Morgan fingerprint density at radius 2 is 2.26 bits per heavy atom. The van der Waals surface area contributed by atoms with Crippen molar-refractivity contribution < 1.29 is 4.74 Å². The molecule has 1 saturated heterocycles. The molecule has 4 nitrogen and oxygen atoms in total. The molecule has 2 aromatic heterocycles. The van der Waals surface area contributed by atoms with Crippen LogP contribution >= 0.6 is 23.1 Å². The van der Waals surface area contributed by atoms with Gasteiger partial charge in [-0.25, -0.2) is 9.97 Å². The Labute approximate surface area is 121 Å². The molecule has 0 spiro atoms. The molecular weight excluding hydrogens is 278 g/mol. The van der Waals surface area contributed by atoms with E-state index in [0.29, 0.717) is 5.25 Å². The lowest BCUT2D eigenvalue weighted by Gasteiger charge is -2.21. The van der Waals surface area contributed by atoms with Crippen molar-refractivity contribution in [3.05, 3.63) is 17.3 Å². The van der Waals surface area contributed by atoms with E-state index in [9.17, 15) is 0 Å². The fraction of sp³-hybridized carbons (Fsp3) is 0.538. The Kier molecular flexibility index (Phi) is 4.20. The zero-order valence-electron chi connectivity index (χ0n) is 10.9. The minimum absolute atomic E-state index is 0.689. The van der Waals surface area contributed by atoms with Crippen molar-refractivity contribution in [1.29, 1.82) is 0 Å². The van der Waals surface area contributed by atoms with Gasteiger partial charge < -0.3 is 10.1 Å². The molecule has 0 amide bonds. The predicted octanol–water partition coefficient (Wildman–Crippen LogP) is 3.15. The molecule has 3 rings (SSSR count). The summed E-state index contributed by atoms with van der Waals surface area (Å²) in [5.41, 5.74) is 0. The lowest BCUT2D eigenvalue weighted by molar-refractivity contribution is 0.1000. The van der Waals surface area contributed by atoms with Crippen molar-refractivity contribution in [2.45, 2.75) is 23.8 Å². The average molecular weight is 295 g/mol. The van der Waals surface area contributed by atoms with Crippen LogP contribution in [0.25, 0.3) is 10.2 Å². The van der Waals surface area contributed by atoms with Crippen LogP contribution in [-0.2, 0) is 10.5 Å². The van der Waals surface area contributed by atoms with E-state index >= 15 is 0 Å². The monoisotopic (exact) mass is 295 g/mol. The highest BCUT2D eigenvalue weighted by Crippen LogP contribution is 2.28. The summed E-state index contributed by atoms with van der Waals surface area (Å²) in [6.07, 6.45) is 2.29. The molecule has 19 heavy (non-hydrogen) atoms. The summed E-state index contributed by atoms with van der Waals surface area (Å²) in [5.74, 6) is 2.75. The second kappa shape index (κ2) is 6.07. The van der Waals surface area contributed by atoms with Gasteiger partial charge in [-0.05, 0) is 24.3 Å². The van der Waals surface area contributed by atoms with Gasteiger partial charge in [-0.3, -0.25) is 0 Å². The van der Waals surface area contributed by atoms with Crippen molar-refractivity contribution in [3.8, 4) is 0 Å². The van der Waals surface area contributed by atoms with Crippen LogP contribution in [0.15, 0.2) is 11.4 Å². The molecule has 0 saturated carbocycles. The molecular formula is C13H17N3OS2. The van der Waals surface area contributed by atoms with Gasteiger partial charge in [0.1, 0.15) is 16.5 Å². The Balaban J connectivity index is 1.73. The molecule has 0 radical (unpaired) electrons. The average Bonchev–Trinajstić information content (AvgIpc) is 2.93. The van der Waals surface area contributed by atoms with Crippen LogP contribution in [-0.4, -0.2) is 35.5 Å². The number of hydrogen-bond donors (Lipinski definition) is 1. The summed E-state index contributed by atoms with van der Waals surface area (Å²) in [7, 11) is 1.91. The van der Waals surface area contributed by atoms with Gasteiger partial charge in [-0.1, -0.05) is 0 Å². The first-order chi connectivity index (χ1) is 9.36. The number of hydrogen-bond acceptors (Lipinski definition) is 6. The topological polar surface area (TPSA) is 47.0 Å². The minimum Gasteiger partial charge on any atom is -0.381 e. The molecule has 1 aliphatic heterocycles. The van der Waals surface area contributed by atoms with Crippen molar-refractivity contribution in [2.24, 2.45) is 0 Å². The van der Waals surface area contributed by atoms with E-state index in [1.807, 2.05) is 18.8 Å². The first-order valence-electron chi connectivity index (χ1n) is 6.48. The maximum atomic E-state index is 5.38. The smallest absolute Gasteiger partial charge is 0.142 e. The highest BCUT2D eigenvalue weighted by Gasteiger charge is 2.15. The van der Waals surface area contributed by atoms with E-state index in [2.05, 4.69) is 26.7 Å². The van der Waals surface area contributed by atoms with E-state index in [4.69, 9.17) is 4.74 Å². The third-order valence-electron chi connectivity index (χ3n) is 3.22. The molecule has 1 aliphatic rings. The lowest BCUT2D eigenvalue weighted by Crippen LogP contribution is -2.17. The van der Waals surface area contributed by atoms with Crippen LogP contribution in [0, 0.1) is 0 Å². The standard InChI is InChI=1S/C13H17N3OS2/c1-14-12-10-4-7-18-13(10)16-11(15-12)8-19-9-2-5-17-6-3-9/h4,7,9H,2-3,5-6,8H2,1H3,(H,14,15,16). The quantitative estimate of drug-likeness (QED) is 0.939. The van der Waals surface area contributed by atoms with Crippen LogP contribution in [0.2, 0.25) is 0 Å². The Morgan fingerprint density at radius 1 is 1.42 bits per heavy atom. The molecule has 0 aliphatic carbocycles. The van der Waals surface area contributed by atoms with Crippen molar-refractivity contribution in [1.82, 2.24) is 9.97 Å². The van der Waals surface area contributed by atoms with E-state index in [1.54, 1.807) is 11.3 Å². The first-order valence-corrected chi connectivity index (χ1v) is 8.41. The van der Waals surface area contributed by atoms with E-state index in [1.165, 1.54) is 0 Å². The van der Waals surface area contributed by atoms with Gasteiger partial charge in [0.05, 0.1) is 11.1 Å². The van der Waals surface area contributed by atoms with Crippen LogP contribution in [0.1, 0.15) is 18.7 Å². The summed E-state index contributed by atoms with van der Waals surface area (Å²) in [5, 5.41) is 7.03. The number of nitrogens with zero attached hydrogens (tertiary/aromatic N) is 2. The molecule has 1 N–H and O–H groups in total. The summed E-state index contributed by atoms with van der Waals surface area (Å²) in [6.45, 7) is 1.79. The molecule has 6 heteroatoms. The largest absolute Gasteiger partial charge is 0.381 e. The summed E-state index contributed by atoms with van der Waals surface area (Å²) >= 11 is 3.62. The Hall–Kier alpha value is -0.850. The number of anilines is 1. The molecule has 0 atom stereocenters. The Bertz CT molecular complexity index is 552. The summed E-state index contributed by atoms with van der Waals surface area (Å²) in [4.78, 5) is 10.3. The zero-order chi connectivity index (χ0) is 13.1. The predicted molar refractivity (Wildman–Crippen MR) is 82.1 cm³/mol. The molecule has 102 valence electrons. The normalized spacial score (nSPS) is 16.9. The number of thioether (sulfide) groups is 1. The zero-order valence-corrected chi connectivity index (χ0v) is 12.5. The summed E-state index contributed by atoms with van der Waals surface area (Å²) < 4.78 is 5.38. The molecule has 1 fully saturated rings. The Morgan fingerprint density at radius 3 is 3.05 bits per heavy atom. The van der Waals surface area contributed by atoms with Crippen molar-refractivity contribution in [3.63, 3.8) is 0 Å². The third kappa shape index (κ3) is 3.01. The van der Waals surface area contributed by atoms with Gasteiger partial charge in [-0.2, -0.15) is 11.8 Å². The first kappa shape index (κ1) is 13.1. The van der Waals surface area contributed by atoms with Gasteiger partial charge in [0.25, 0.3) is 0 Å². The van der Waals surface area contributed by atoms with Gasteiger partial charge in [0.15, 0.2) is 0 Å². The summed E-state index contributed by atoms with van der Waals surface area (Å²) in [6, 6.07) is 2.07. The number of thiophene rings is 1. The number of ether oxygens (including phenoxy) is 1. The maximum Gasteiger partial charge on any atom is 0.142 e. The van der Waals surface area contributed by atoms with E-state index in [0.717, 1.165) is 53.7 Å². The second-order valence-electron chi connectivity index (χ2n) is 4.50. The number of rotatable bonds is 4. The van der Waals surface area contributed by atoms with Crippen LogP contribution < -0.4 is 5.32 Å². The third-order valence-corrected chi connectivity index (χ3v) is 5.40. The number of aromatic nitrogens is 2. The highest BCUT2D eigenvalue weighted by atomic mass is 32.2. The van der Waals surface area contributed by atoms with Crippen LogP contribution in [0.4, 0.5) is 5.82 Å². The van der Waals surface area contributed by atoms with Gasteiger partial charge in [-0.15, -0.1) is 11.3 Å². The SMILES string of the molecule is CNc1nc(CSC2CCOCC2)nc2sccc12. The van der Waals surface area contributed by atoms with Crippen LogP contribution in [0.3, 0.4) is 0 Å². The fourth-order valence-corrected chi connectivity index (χ4v) is 4.01. The minimum atomic E-state index is 0.689.